The van der Waals surface area contributed by atoms with Gasteiger partial charge in [-0.25, -0.2) is 0 Å². The number of halogens is 1. The molecule has 0 aliphatic carbocycles. The van der Waals surface area contributed by atoms with Crippen LogP contribution < -0.4 is 0 Å². The molecule has 0 spiro atoms. The summed E-state index contributed by atoms with van der Waals surface area (Å²) in [7, 11) is 0. The summed E-state index contributed by atoms with van der Waals surface area (Å²) in [5.41, 5.74) is 0.426. The van der Waals surface area contributed by atoms with Gasteiger partial charge in [-0.1, -0.05) is 11.6 Å². The van der Waals surface area contributed by atoms with Gasteiger partial charge in [0.1, 0.15) is 0 Å². The van der Waals surface area contributed by atoms with Crippen LogP contribution in [0.2, 0.25) is 0 Å². The summed E-state index contributed by atoms with van der Waals surface area (Å²) in [5, 5.41) is 3.31. The van der Waals surface area contributed by atoms with Crippen LogP contribution >= 0.6 is 11.6 Å². The van der Waals surface area contributed by atoms with Gasteiger partial charge in [0.2, 0.25) is 0 Å². The molecular weight excluding hydrogens is 138 g/mol. The first-order chi connectivity index (χ1) is 4.16. The summed E-state index contributed by atoms with van der Waals surface area (Å²) in [4.78, 5) is 9.73. The lowest BCUT2D eigenvalue weighted by Crippen LogP contribution is -1.62. The Morgan fingerprint density at radius 3 is 2.33 bits per heavy atom. The first-order valence-electron chi connectivity index (χ1n) is 2.51. The van der Waals surface area contributed by atoms with E-state index in [0.29, 0.717) is 10.7 Å². The third-order valence-corrected chi connectivity index (χ3v) is 0.824. The van der Waals surface area contributed by atoms with Gasteiger partial charge in [0.05, 0.1) is 5.70 Å². The van der Waals surface area contributed by atoms with Gasteiger partial charge in [-0.15, -0.1) is 4.91 Å². The summed E-state index contributed by atoms with van der Waals surface area (Å²) in [6, 6.07) is 0. The van der Waals surface area contributed by atoms with Crippen molar-refractivity contribution in [2.24, 2.45) is 5.18 Å². The smallest absolute Gasteiger partial charge is 0.0818 e. The Hall–Kier alpha value is -0.630. The molecule has 0 amide bonds. The van der Waals surface area contributed by atoms with Gasteiger partial charge in [-0.05, 0) is 31.2 Å². The van der Waals surface area contributed by atoms with Gasteiger partial charge < -0.3 is 0 Å². The van der Waals surface area contributed by atoms with E-state index in [2.05, 4.69) is 5.18 Å². The zero-order valence-electron chi connectivity index (χ0n) is 5.39. The van der Waals surface area contributed by atoms with Gasteiger partial charge in [-0.3, -0.25) is 0 Å². The minimum atomic E-state index is 0.426. The number of hydrogen-bond acceptors (Lipinski definition) is 2. The van der Waals surface area contributed by atoms with E-state index >= 15 is 0 Å². The van der Waals surface area contributed by atoms with Crippen molar-refractivity contribution in [1.29, 1.82) is 0 Å². The third-order valence-electron chi connectivity index (χ3n) is 0.698. The van der Waals surface area contributed by atoms with Gasteiger partial charge in [-0.2, -0.15) is 0 Å². The fraction of sp³-hybridized carbons (Fsp3) is 0.333. The van der Waals surface area contributed by atoms with Crippen molar-refractivity contribution in [1.82, 2.24) is 0 Å². The highest BCUT2D eigenvalue weighted by molar-refractivity contribution is 6.29. The van der Waals surface area contributed by atoms with E-state index in [1.165, 1.54) is 0 Å². The van der Waals surface area contributed by atoms with E-state index in [-0.39, 0.29) is 0 Å². The molecule has 0 aromatic heterocycles. The van der Waals surface area contributed by atoms with E-state index in [0.717, 1.165) is 0 Å². The van der Waals surface area contributed by atoms with Crippen LogP contribution in [0.25, 0.3) is 0 Å². The molecule has 0 aromatic rings. The Morgan fingerprint density at radius 1 is 1.44 bits per heavy atom. The minimum Gasteiger partial charge on any atom is -0.145 e. The van der Waals surface area contributed by atoms with Crippen LogP contribution in [-0.2, 0) is 0 Å². The van der Waals surface area contributed by atoms with Crippen LogP contribution in [-0.4, -0.2) is 0 Å². The Bertz CT molecular complexity index is 156. The van der Waals surface area contributed by atoms with Gasteiger partial charge in [0, 0.05) is 5.03 Å². The maximum absolute atomic E-state index is 9.73. The largest absolute Gasteiger partial charge is 0.145 e. The third kappa shape index (κ3) is 5.24. The maximum Gasteiger partial charge on any atom is 0.0818 e. The summed E-state index contributed by atoms with van der Waals surface area (Å²) >= 11 is 5.45. The molecule has 0 radical (unpaired) electrons. The van der Waals surface area contributed by atoms with Gasteiger partial charge in [0.15, 0.2) is 0 Å². The van der Waals surface area contributed by atoms with Gasteiger partial charge in [0.25, 0.3) is 0 Å². The quantitative estimate of drug-likeness (QED) is 0.434. The molecule has 9 heavy (non-hydrogen) atoms. The molecule has 50 valence electrons. The Balaban J connectivity index is 3.98. The highest BCUT2D eigenvalue weighted by Crippen LogP contribution is 2.00. The lowest BCUT2D eigenvalue weighted by Gasteiger charge is -1.80. The van der Waals surface area contributed by atoms with E-state index in [1.807, 2.05) is 0 Å². The highest BCUT2D eigenvalue weighted by Gasteiger charge is 1.80. The van der Waals surface area contributed by atoms with Crippen molar-refractivity contribution in [3.63, 3.8) is 0 Å². The highest BCUT2D eigenvalue weighted by atomic mass is 35.5. The Labute approximate surface area is 59.2 Å². The molecule has 0 unspecified atom stereocenters. The monoisotopic (exact) mass is 145 g/mol. The normalized spacial score (nSPS) is 13.7. The topological polar surface area (TPSA) is 29.4 Å². The Kier molecular flexibility index (Phi) is 3.97. The first kappa shape index (κ1) is 8.37. The predicted octanol–water partition coefficient (Wildman–Crippen LogP) is 2.80. The van der Waals surface area contributed by atoms with Crippen molar-refractivity contribution in [3.8, 4) is 0 Å². The SMILES string of the molecule is C/C(Cl)=C\C=C(/C)N=O. The fourth-order valence-corrected chi connectivity index (χ4v) is 0.329. The van der Waals surface area contributed by atoms with E-state index in [9.17, 15) is 4.91 Å². The molecule has 0 atom stereocenters. The number of nitrogens with zero attached hydrogens (tertiary/aromatic N) is 1. The molecule has 0 bridgehead atoms. The molecule has 0 aliphatic rings. The summed E-state index contributed by atoms with van der Waals surface area (Å²) in [6.45, 7) is 3.35. The zero-order chi connectivity index (χ0) is 7.28. The molecule has 3 heteroatoms. The number of allylic oxidation sites excluding steroid dienone is 4. The molecule has 0 saturated heterocycles. The summed E-state index contributed by atoms with van der Waals surface area (Å²) in [5.74, 6) is 0. The van der Waals surface area contributed by atoms with Crippen LogP contribution in [0, 0.1) is 4.91 Å². The summed E-state index contributed by atoms with van der Waals surface area (Å²) in [6.07, 6.45) is 3.19. The number of rotatable bonds is 2. The second-order valence-corrected chi connectivity index (χ2v) is 2.25. The Morgan fingerprint density at radius 2 is 2.00 bits per heavy atom. The molecule has 0 fully saturated rings. The van der Waals surface area contributed by atoms with Crippen molar-refractivity contribution < 1.29 is 0 Å². The molecule has 0 rings (SSSR count). The fourth-order valence-electron chi connectivity index (χ4n) is 0.266. The summed E-state index contributed by atoms with van der Waals surface area (Å²) < 4.78 is 0. The number of nitroso groups, excluding NO2 is 1. The molecule has 2 nitrogen and oxygen atoms in total. The molecular formula is C6H8ClNO. The zero-order valence-corrected chi connectivity index (χ0v) is 6.14. The average molecular weight is 146 g/mol. The second-order valence-electron chi connectivity index (χ2n) is 1.65. The van der Waals surface area contributed by atoms with Crippen molar-refractivity contribution in [3.05, 3.63) is 27.8 Å². The van der Waals surface area contributed by atoms with Crippen molar-refractivity contribution >= 4 is 11.6 Å². The average Bonchev–Trinajstić information content (AvgIpc) is 1.83. The lowest BCUT2D eigenvalue weighted by molar-refractivity contribution is 1.29. The van der Waals surface area contributed by atoms with Gasteiger partial charge >= 0.3 is 0 Å². The van der Waals surface area contributed by atoms with Crippen molar-refractivity contribution in [2.45, 2.75) is 13.8 Å². The van der Waals surface area contributed by atoms with Crippen LogP contribution in [0.1, 0.15) is 13.8 Å². The van der Waals surface area contributed by atoms with Crippen LogP contribution in [0.5, 0.6) is 0 Å². The van der Waals surface area contributed by atoms with Crippen molar-refractivity contribution in [2.75, 3.05) is 0 Å². The second kappa shape index (κ2) is 4.27. The van der Waals surface area contributed by atoms with E-state index in [4.69, 9.17) is 11.6 Å². The molecule has 0 heterocycles. The molecule has 0 aromatic carbocycles. The first-order valence-corrected chi connectivity index (χ1v) is 2.88. The standard InChI is InChI=1S/C6H8ClNO/c1-5(7)3-4-6(2)8-9/h3-4H,1-2H3/b5-3+,6-4+. The van der Waals surface area contributed by atoms with E-state index in [1.54, 1.807) is 26.0 Å². The predicted molar refractivity (Wildman–Crippen MR) is 39.2 cm³/mol. The minimum absolute atomic E-state index is 0.426. The maximum atomic E-state index is 9.73. The van der Waals surface area contributed by atoms with E-state index < -0.39 is 0 Å². The molecule has 0 N–H and O–H groups in total. The van der Waals surface area contributed by atoms with Crippen LogP contribution in [0.4, 0.5) is 0 Å². The lowest BCUT2D eigenvalue weighted by atomic mass is 10.4. The van der Waals surface area contributed by atoms with Crippen LogP contribution in [0.3, 0.4) is 0 Å². The van der Waals surface area contributed by atoms with Crippen LogP contribution in [0.15, 0.2) is 28.1 Å². The molecule has 0 saturated carbocycles. The molecule has 0 aliphatic heterocycles. The number of hydrogen-bond donors (Lipinski definition) is 0.